The molecule has 1 heterocycles. The van der Waals surface area contributed by atoms with Crippen LogP contribution in [-0.4, -0.2) is 6.61 Å². The van der Waals surface area contributed by atoms with Gasteiger partial charge in [-0.05, 0) is 24.5 Å². The molecule has 1 heteroatoms. The van der Waals surface area contributed by atoms with Crippen LogP contribution in [0.4, 0.5) is 0 Å². The number of para-hydroxylation sites is 1. The van der Waals surface area contributed by atoms with Gasteiger partial charge in [0, 0.05) is 5.56 Å². The lowest BCUT2D eigenvalue weighted by Gasteiger charge is -2.09. The van der Waals surface area contributed by atoms with Gasteiger partial charge in [-0.25, -0.2) is 0 Å². The van der Waals surface area contributed by atoms with Gasteiger partial charge in [-0.1, -0.05) is 36.9 Å². The summed E-state index contributed by atoms with van der Waals surface area (Å²) in [5.41, 5.74) is 2.13. The molecule has 0 amide bonds. The van der Waals surface area contributed by atoms with Crippen molar-refractivity contribution in [2.24, 2.45) is 0 Å². The summed E-state index contributed by atoms with van der Waals surface area (Å²) >= 11 is 0. The lowest BCUT2D eigenvalue weighted by Crippen LogP contribution is -1.97. The molecule has 1 aromatic rings. The van der Waals surface area contributed by atoms with Crippen LogP contribution in [0.2, 0.25) is 0 Å². The molecule has 1 aromatic carbocycles. The third-order valence-corrected chi connectivity index (χ3v) is 2.32. The highest BCUT2D eigenvalue weighted by Gasteiger charge is 2.05. The van der Waals surface area contributed by atoms with Crippen LogP contribution in [0, 0.1) is 0 Å². The van der Waals surface area contributed by atoms with Crippen molar-refractivity contribution in [3.05, 3.63) is 48.6 Å². The Bertz CT molecular complexity index is 363. The molecule has 0 atom stereocenters. The number of fused-ring (bicyclic) bond motifs is 1. The SMILES string of the molecule is C=C1/C=C\CCCOc2ccccc21. The van der Waals surface area contributed by atoms with Crippen LogP contribution in [0.3, 0.4) is 0 Å². The van der Waals surface area contributed by atoms with E-state index in [2.05, 4.69) is 18.7 Å². The van der Waals surface area contributed by atoms with Crippen LogP contribution in [0.5, 0.6) is 5.75 Å². The highest BCUT2D eigenvalue weighted by Crippen LogP contribution is 2.26. The maximum Gasteiger partial charge on any atom is 0.127 e. The fourth-order valence-electron chi connectivity index (χ4n) is 1.56. The summed E-state index contributed by atoms with van der Waals surface area (Å²) in [7, 11) is 0. The Labute approximate surface area is 84.7 Å². The Balaban J connectivity index is 2.39. The fourth-order valence-corrected chi connectivity index (χ4v) is 1.56. The van der Waals surface area contributed by atoms with Crippen LogP contribution < -0.4 is 4.74 Å². The van der Waals surface area contributed by atoms with Crippen molar-refractivity contribution in [1.29, 1.82) is 0 Å². The van der Waals surface area contributed by atoms with Crippen molar-refractivity contribution < 1.29 is 4.74 Å². The van der Waals surface area contributed by atoms with Crippen LogP contribution >= 0.6 is 0 Å². The Morgan fingerprint density at radius 2 is 2.07 bits per heavy atom. The van der Waals surface area contributed by atoms with Crippen LogP contribution in [0.25, 0.3) is 5.57 Å². The van der Waals surface area contributed by atoms with Crippen molar-refractivity contribution >= 4 is 5.57 Å². The summed E-state index contributed by atoms with van der Waals surface area (Å²) in [4.78, 5) is 0. The van der Waals surface area contributed by atoms with Crippen LogP contribution in [0.1, 0.15) is 18.4 Å². The first kappa shape index (κ1) is 9.07. The molecule has 0 saturated carbocycles. The first-order chi connectivity index (χ1) is 6.88. The average Bonchev–Trinajstić information content (AvgIpc) is 2.30. The lowest BCUT2D eigenvalue weighted by atomic mass is 10.1. The summed E-state index contributed by atoms with van der Waals surface area (Å²) in [6.07, 6.45) is 6.37. The second-order valence-corrected chi connectivity index (χ2v) is 3.41. The summed E-state index contributed by atoms with van der Waals surface area (Å²) < 4.78 is 5.68. The molecule has 0 aromatic heterocycles. The van der Waals surface area contributed by atoms with E-state index in [9.17, 15) is 0 Å². The summed E-state index contributed by atoms with van der Waals surface area (Å²) in [5, 5.41) is 0. The van der Waals surface area contributed by atoms with Gasteiger partial charge < -0.3 is 4.74 Å². The number of allylic oxidation sites excluding steroid dienone is 3. The van der Waals surface area contributed by atoms with Crippen molar-refractivity contribution in [2.45, 2.75) is 12.8 Å². The molecule has 1 nitrogen and oxygen atoms in total. The van der Waals surface area contributed by atoms with E-state index >= 15 is 0 Å². The molecule has 0 spiro atoms. The molecule has 0 radical (unpaired) electrons. The van der Waals surface area contributed by atoms with Crippen LogP contribution in [-0.2, 0) is 0 Å². The number of ether oxygens (including phenoxy) is 1. The smallest absolute Gasteiger partial charge is 0.127 e. The van der Waals surface area contributed by atoms with Gasteiger partial charge in [0.15, 0.2) is 0 Å². The van der Waals surface area contributed by atoms with Crippen molar-refractivity contribution in [1.82, 2.24) is 0 Å². The number of hydrogen-bond acceptors (Lipinski definition) is 1. The maximum absolute atomic E-state index is 5.68. The number of rotatable bonds is 0. The van der Waals surface area contributed by atoms with E-state index in [0.29, 0.717) is 0 Å². The molecule has 1 aliphatic rings. The van der Waals surface area contributed by atoms with Crippen molar-refractivity contribution in [3.8, 4) is 5.75 Å². The number of benzene rings is 1. The van der Waals surface area contributed by atoms with Gasteiger partial charge in [-0.3, -0.25) is 0 Å². The maximum atomic E-state index is 5.68. The first-order valence-electron chi connectivity index (χ1n) is 4.95. The molecule has 72 valence electrons. The van der Waals surface area contributed by atoms with Gasteiger partial charge in [0.25, 0.3) is 0 Å². The third kappa shape index (κ3) is 1.87. The normalized spacial score (nSPS) is 18.4. The Morgan fingerprint density at radius 1 is 1.21 bits per heavy atom. The second kappa shape index (κ2) is 4.14. The van der Waals surface area contributed by atoms with Gasteiger partial charge in [-0.15, -0.1) is 0 Å². The largest absolute Gasteiger partial charge is 0.493 e. The minimum atomic E-state index is 0.786. The van der Waals surface area contributed by atoms with Gasteiger partial charge >= 0.3 is 0 Å². The standard InChI is InChI=1S/C13H14O/c1-11-7-3-2-6-10-14-13-9-5-4-8-12(11)13/h3-5,7-9H,1-2,6,10H2/b7-3-. The summed E-state index contributed by atoms with van der Waals surface area (Å²) in [6, 6.07) is 8.06. The monoisotopic (exact) mass is 186 g/mol. The van der Waals surface area contributed by atoms with Crippen molar-refractivity contribution in [3.63, 3.8) is 0 Å². The third-order valence-electron chi connectivity index (χ3n) is 2.32. The predicted molar refractivity (Wildman–Crippen MR) is 59.3 cm³/mol. The topological polar surface area (TPSA) is 9.23 Å². The van der Waals surface area contributed by atoms with E-state index in [4.69, 9.17) is 4.74 Å². The van der Waals surface area contributed by atoms with Gasteiger partial charge in [0.05, 0.1) is 6.61 Å². The molecular weight excluding hydrogens is 172 g/mol. The summed E-state index contributed by atoms with van der Waals surface area (Å²) in [6.45, 7) is 4.82. The molecule has 1 aliphatic heterocycles. The number of hydrogen-bond donors (Lipinski definition) is 0. The first-order valence-corrected chi connectivity index (χ1v) is 4.95. The molecule has 0 aliphatic carbocycles. The lowest BCUT2D eigenvalue weighted by molar-refractivity contribution is 0.312. The van der Waals surface area contributed by atoms with E-state index in [1.165, 1.54) is 0 Å². The Hall–Kier alpha value is -1.50. The fraction of sp³-hybridized carbons (Fsp3) is 0.231. The zero-order valence-corrected chi connectivity index (χ0v) is 8.20. The molecular formula is C13H14O. The average molecular weight is 186 g/mol. The van der Waals surface area contributed by atoms with Gasteiger partial charge in [0.2, 0.25) is 0 Å². The minimum absolute atomic E-state index is 0.786. The van der Waals surface area contributed by atoms with Crippen LogP contribution in [0.15, 0.2) is 43.0 Å². The predicted octanol–water partition coefficient (Wildman–Crippen LogP) is 3.43. The quantitative estimate of drug-likeness (QED) is 0.603. The van der Waals surface area contributed by atoms with Gasteiger partial charge in [-0.2, -0.15) is 0 Å². The molecule has 0 unspecified atom stereocenters. The summed E-state index contributed by atoms with van der Waals surface area (Å²) in [5.74, 6) is 0.948. The minimum Gasteiger partial charge on any atom is -0.493 e. The van der Waals surface area contributed by atoms with E-state index < -0.39 is 0 Å². The van der Waals surface area contributed by atoms with E-state index in [-0.39, 0.29) is 0 Å². The molecule has 0 fully saturated rings. The molecule has 14 heavy (non-hydrogen) atoms. The molecule has 2 rings (SSSR count). The Kier molecular flexibility index (Phi) is 2.68. The molecule has 0 N–H and O–H groups in total. The van der Waals surface area contributed by atoms with Crippen molar-refractivity contribution in [2.75, 3.05) is 6.61 Å². The zero-order chi connectivity index (χ0) is 9.80. The molecule has 0 saturated heterocycles. The zero-order valence-electron chi connectivity index (χ0n) is 8.20. The highest BCUT2D eigenvalue weighted by atomic mass is 16.5. The van der Waals surface area contributed by atoms with E-state index in [1.807, 2.05) is 24.3 Å². The van der Waals surface area contributed by atoms with E-state index in [0.717, 1.165) is 36.3 Å². The molecule has 0 bridgehead atoms. The highest BCUT2D eigenvalue weighted by molar-refractivity contribution is 5.75. The second-order valence-electron chi connectivity index (χ2n) is 3.41. The van der Waals surface area contributed by atoms with E-state index in [1.54, 1.807) is 0 Å². The van der Waals surface area contributed by atoms with Gasteiger partial charge in [0.1, 0.15) is 5.75 Å². The Morgan fingerprint density at radius 3 is 3.00 bits per heavy atom.